The van der Waals surface area contributed by atoms with Gasteiger partial charge < -0.3 is 14.8 Å². The fourth-order valence-corrected chi connectivity index (χ4v) is 1.90. The molecule has 0 atom stereocenters. The van der Waals surface area contributed by atoms with E-state index in [0.29, 0.717) is 23.9 Å². The number of benzene rings is 2. The number of carbonyl (C=O) groups is 1. The van der Waals surface area contributed by atoms with E-state index in [1.165, 1.54) is 18.2 Å². The lowest BCUT2D eigenvalue weighted by atomic mass is 10.3. The number of nitrogens with zero attached hydrogens (tertiary/aromatic N) is 1. The van der Waals surface area contributed by atoms with E-state index < -0.39 is 4.92 Å². The predicted molar refractivity (Wildman–Crippen MR) is 88.5 cm³/mol. The summed E-state index contributed by atoms with van der Waals surface area (Å²) < 4.78 is 10.6. The molecule has 7 nitrogen and oxygen atoms in total. The highest BCUT2D eigenvalue weighted by Crippen LogP contribution is 2.18. The Morgan fingerprint density at radius 2 is 1.88 bits per heavy atom. The molecule has 0 aliphatic heterocycles. The smallest absolute Gasteiger partial charge is 0.273 e. The molecule has 0 heterocycles. The van der Waals surface area contributed by atoms with Crippen LogP contribution < -0.4 is 14.8 Å². The molecule has 0 fully saturated rings. The second kappa shape index (κ2) is 8.73. The Bertz CT molecular complexity index is 706. The number of amides is 1. The molecule has 1 amide bonds. The maximum absolute atomic E-state index is 11.6. The molecular formula is C16H15ClN2O5. The third-order valence-corrected chi connectivity index (χ3v) is 3.16. The van der Waals surface area contributed by atoms with Crippen molar-refractivity contribution in [3.05, 3.63) is 63.7 Å². The summed E-state index contributed by atoms with van der Waals surface area (Å²) in [5.41, 5.74) is -0.0933. The first-order valence-electron chi connectivity index (χ1n) is 7.07. The van der Waals surface area contributed by atoms with Gasteiger partial charge in [-0.2, -0.15) is 0 Å². The first-order valence-corrected chi connectivity index (χ1v) is 7.45. The van der Waals surface area contributed by atoms with Gasteiger partial charge in [-0.3, -0.25) is 14.9 Å². The van der Waals surface area contributed by atoms with Crippen LogP contribution in [0.5, 0.6) is 11.5 Å². The van der Waals surface area contributed by atoms with Crippen LogP contribution in [0.4, 0.5) is 5.69 Å². The van der Waals surface area contributed by atoms with Crippen molar-refractivity contribution in [2.24, 2.45) is 0 Å². The number of hydrogen-bond donors (Lipinski definition) is 1. The van der Waals surface area contributed by atoms with Gasteiger partial charge in [0.25, 0.3) is 11.6 Å². The fraction of sp³-hybridized carbons (Fsp3) is 0.188. The Balaban J connectivity index is 1.67. The van der Waals surface area contributed by atoms with Crippen LogP contribution in [0.1, 0.15) is 0 Å². The maximum atomic E-state index is 11.6. The zero-order valence-electron chi connectivity index (χ0n) is 12.6. The Morgan fingerprint density at radius 3 is 2.58 bits per heavy atom. The van der Waals surface area contributed by atoms with E-state index in [1.807, 2.05) is 0 Å². The van der Waals surface area contributed by atoms with Crippen LogP contribution >= 0.6 is 11.6 Å². The van der Waals surface area contributed by atoms with Crippen molar-refractivity contribution < 1.29 is 19.2 Å². The van der Waals surface area contributed by atoms with E-state index >= 15 is 0 Å². The molecule has 1 N–H and O–H groups in total. The molecule has 0 bridgehead atoms. The Labute approximate surface area is 143 Å². The first kappa shape index (κ1) is 17.6. The third-order valence-electron chi connectivity index (χ3n) is 2.90. The molecule has 0 radical (unpaired) electrons. The second-order valence-corrected chi connectivity index (χ2v) is 5.13. The van der Waals surface area contributed by atoms with Crippen LogP contribution in [0.2, 0.25) is 5.02 Å². The summed E-state index contributed by atoms with van der Waals surface area (Å²) in [6, 6.07) is 12.5. The summed E-state index contributed by atoms with van der Waals surface area (Å²) in [4.78, 5) is 21.8. The van der Waals surface area contributed by atoms with E-state index in [-0.39, 0.29) is 24.0 Å². The lowest BCUT2D eigenvalue weighted by Gasteiger charge is -2.09. The fourth-order valence-electron chi connectivity index (χ4n) is 1.78. The number of halogens is 1. The number of nitro benzene ring substituents is 1. The second-order valence-electron chi connectivity index (χ2n) is 4.70. The summed E-state index contributed by atoms with van der Waals surface area (Å²) in [6.45, 7) is 0.367. The molecule has 2 aromatic carbocycles. The van der Waals surface area contributed by atoms with Gasteiger partial charge in [0, 0.05) is 11.1 Å². The van der Waals surface area contributed by atoms with E-state index in [4.69, 9.17) is 21.1 Å². The summed E-state index contributed by atoms with van der Waals surface area (Å²) in [6.07, 6.45) is 0. The van der Waals surface area contributed by atoms with Crippen LogP contribution in [-0.4, -0.2) is 30.6 Å². The molecule has 2 aromatic rings. The SMILES string of the molecule is O=C(COc1cccc([N+](=O)[O-])c1)NCCOc1ccc(Cl)cc1. The van der Waals surface area contributed by atoms with Crippen molar-refractivity contribution in [2.45, 2.75) is 0 Å². The van der Waals surface area contributed by atoms with Gasteiger partial charge in [0.2, 0.25) is 0 Å². The lowest BCUT2D eigenvalue weighted by molar-refractivity contribution is -0.384. The summed E-state index contributed by atoms with van der Waals surface area (Å²) >= 11 is 5.76. The average molecular weight is 351 g/mol. The summed E-state index contributed by atoms with van der Waals surface area (Å²) in [5, 5.41) is 13.9. The van der Waals surface area contributed by atoms with Crippen LogP contribution in [-0.2, 0) is 4.79 Å². The van der Waals surface area contributed by atoms with E-state index in [1.54, 1.807) is 30.3 Å². The van der Waals surface area contributed by atoms with Gasteiger partial charge in [-0.15, -0.1) is 0 Å². The lowest BCUT2D eigenvalue weighted by Crippen LogP contribution is -2.32. The monoisotopic (exact) mass is 350 g/mol. The highest BCUT2D eigenvalue weighted by atomic mass is 35.5. The maximum Gasteiger partial charge on any atom is 0.273 e. The molecule has 0 aliphatic rings. The van der Waals surface area contributed by atoms with Gasteiger partial charge in [0.1, 0.15) is 18.1 Å². The van der Waals surface area contributed by atoms with Crippen LogP contribution in [0.3, 0.4) is 0 Å². The number of non-ortho nitro benzene ring substituents is 1. The number of rotatable bonds is 8. The molecular weight excluding hydrogens is 336 g/mol. The van der Waals surface area contributed by atoms with Crippen molar-refractivity contribution in [3.8, 4) is 11.5 Å². The molecule has 24 heavy (non-hydrogen) atoms. The van der Waals surface area contributed by atoms with Crippen LogP contribution in [0.25, 0.3) is 0 Å². The van der Waals surface area contributed by atoms with Crippen LogP contribution in [0.15, 0.2) is 48.5 Å². The molecule has 2 rings (SSSR count). The third kappa shape index (κ3) is 5.77. The Morgan fingerprint density at radius 1 is 1.12 bits per heavy atom. The Hall–Kier alpha value is -2.80. The van der Waals surface area contributed by atoms with Crippen molar-refractivity contribution in [1.29, 1.82) is 0 Å². The van der Waals surface area contributed by atoms with Crippen LogP contribution in [0, 0.1) is 10.1 Å². The molecule has 0 spiro atoms. The molecule has 0 saturated carbocycles. The number of nitrogens with one attached hydrogen (secondary N) is 1. The number of carbonyl (C=O) groups excluding carboxylic acids is 1. The van der Waals surface area contributed by atoms with E-state index in [9.17, 15) is 14.9 Å². The van der Waals surface area contributed by atoms with Gasteiger partial charge in [0.15, 0.2) is 6.61 Å². The molecule has 0 unspecified atom stereocenters. The largest absolute Gasteiger partial charge is 0.492 e. The molecule has 8 heteroatoms. The quantitative estimate of drug-likeness (QED) is 0.449. The zero-order valence-corrected chi connectivity index (χ0v) is 13.4. The highest BCUT2D eigenvalue weighted by molar-refractivity contribution is 6.30. The van der Waals surface area contributed by atoms with Gasteiger partial charge in [-0.05, 0) is 30.3 Å². The standard InChI is InChI=1S/C16H15ClN2O5/c17-12-4-6-14(7-5-12)23-9-8-18-16(20)11-24-15-3-1-2-13(10-15)19(21)22/h1-7,10H,8-9,11H2,(H,18,20). The number of hydrogen-bond acceptors (Lipinski definition) is 5. The van der Waals surface area contributed by atoms with Crippen molar-refractivity contribution in [3.63, 3.8) is 0 Å². The molecule has 0 aromatic heterocycles. The average Bonchev–Trinajstić information content (AvgIpc) is 2.58. The van der Waals surface area contributed by atoms with Gasteiger partial charge in [0.05, 0.1) is 17.5 Å². The number of ether oxygens (including phenoxy) is 2. The highest BCUT2D eigenvalue weighted by Gasteiger charge is 2.08. The Kier molecular flexibility index (Phi) is 6.39. The van der Waals surface area contributed by atoms with Crippen molar-refractivity contribution >= 4 is 23.2 Å². The molecule has 0 aliphatic carbocycles. The van der Waals surface area contributed by atoms with Crippen molar-refractivity contribution in [1.82, 2.24) is 5.32 Å². The summed E-state index contributed by atoms with van der Waals surface area (Å²) in [7, 11) is 0. The van der Waals surface area contributed by atoms with Gasteiger partial charge in [-0.1, -0.05) is 17.7 Å². The number of nitro groups is 1. The van der Waals surface area contributed by atoms with Gasteiger partial charge >= 0.3 is 0 Å². The first-order chi connectivity index (χ1) is 11.5. The zero-order chi connectivity index (χ0) is 17.4. The van der Waals surface area contributed by atoms with E-state index in [0.717, 1.165) is 0 Å². The van der Waals surface area contributed by atoms with Crippen molar-refractivity contribution in [2.75, 3.05) is 19.8 Å². The normalized spacial score (nSPS) is 10.0. The topological polar surface area (TPSA) is 90.7 Å². The minimum Gasteiger partial charge on any atom is -0.492 e. The van der Waals surface area contributed by atoms with Gasteiger partial charge in [-0.25, -0.2) is 0 Å². The predicted octanol–water partition coefficient (Wildman–Crippen LogP) is 2.82. The molecule has 0 saturated heterocycles. The molecule has 126 valence electrons. The van der Waals surface area contributed by atoms with E-state index in [2.05, 4.69) is 5.32 Å². The minimum absolute atomic E-state index is 0.0933. The minimum atomic E-state index is -0.527. The summed E-state index contributed by atoms with van der Waals surface area (Å²) in [5.74, 6) is 0.569.